The van der Waals surface area contributed by atoms with E-state index in [-0.39, 0.29) is 11.7 Å². The van der Waals surface area contributed by atoms with E-state index in [0.717, 1.165) is 22.6 Å². The van der Waals surface area contributed by atoms with Crippen molar-refractivity contribution >= 4 is 17.7 Å². The third-order valence-electron chi connectivity index (χ3n) is 3.79. The number of carbonyl (C=O) groups excluding carboxylic acids is 1. The number of benzene rings is 2. The van der Waals surface area contributed by atoms with Crippen molar-refractivity contribution in [3.8, 4) is 11.4 Å². The zero-order valence-corrected chi connectivity index (χ0v) is 15.4. The van der Waals surface area contributed by atoms with Crippen molar-refractivity contribution in [2.24, 2.45) is 0 Å². The molecule has 0 aliphatic rings. The molecule has 0 saturated carbocycles. The third kappa shape index (κ3) is 4.20. The SMILES string of the molecule is COc1ccccc1CNC(=O)CSc1nnnn1-c1ccccc1C. The van der Waals surface area contributed by atoms with Crippen LogP contribution in [0.2, 0.25) is 0 Å². The van der Waals surface area contributed by atoms with Crippen molar-refractivity contribution < 1.29 is 9.53 Å². The van der Waals surface area contributed by atoms with E-state index in [1.54, 1.807) is 11.8 Å². The Hall–Kier alpha value is -2.87. The van der Waals surface area contributed by atoms with E-state index >= 15 is 0 Å². The number of tetrazole rings is 1. The number of hydrogen-bond acceptors (Lipinski definition) is 6. The first kappa shape index (κ1) is 17.9. The van der Waals surface area contributed by atoms with Crippen molar-refractivity contribution in [2.45, 2.75) is 18.6 Å². The van der Waals surface area contributed by atoms with Gasteiger partial charge in [0.15, 0.2) is 0 Å². The van der Waals surface area contributed by atoms with Gasteiger partial charge in [0.05, 0.1) is 18.6 Å². The molecule has 1 amide bonds. The largest absolute Gasteiger partial charge is 0.496 e. The van der Waals surface area contributed by atoms with Crippen LogP contribution >= 0.6 is 11.8 Å². The van der Waals surface area contributed by atoms with Gasteiger partial charge in [0.1, 0.15) is 5.75 Å². The molecule has 3 aromatic rings. The molecule has 26 heavy (non-hydrogen) atoms. The molecule has 0 aliphatic heterocycles. The molecule has 0 unspecified atom stereocenters. The quantitative estimate of drug-likeness (QED) is 0.644. The number of nitrogens with zero attached hydrogens (tertiary/aromatic N) is 4. The summed E-state index contributed by atoms with van der Waals surface area (Å²) in [6.45, 7) is 2.40. The first-order valence-corrected chi connectivity index (χ1v) is 9.03. The molecular formula is C18H19N5O2S. The molecule has 0 aliphatic carbocycles. The molecule has 134 valence electrons. The van der Waals surface area contributed by atoms with E-state index in [4.69, 9.17) is 4.74 Å². The van der Waals surface area contributed by atoms with E-state index in [1.165, 1.54) is 11.8 Å². The van der Waals surface area contributed by atoms with Crippen molar-refractivity contribution in [3.63, 3.8) is 0 Å². The predicted molar refractivity (Wildman–Crippen MR) is 99.5 cm³/mol. The number of carbonyl (C=O) groups is 1. The number of aryl methyl sites for hydroxylation is 1. The van der Waals surface area contributed by atoms with E-state index < -0.39 is 0 Å². The molecule has 7 nitrogen and oxygen atoms in total. The fourth-order valence-electron chi connectivity index (χ4n) is 2.45. The number of para-hydroxylation sites is 2. The minimum Gasteiger partial charge on any atom is -0.496 e. The van der Waals surface area contributed by atoms with Crippen molar-refractivity contribution in [1.29, 1.82) is 0 Å². The Balaban J connectivity index is 1.59. The molecule has 0 saturated heterocycles. The van der Waals surface area contributed by atoms with Gasteiger partial charge in [-0.15, -0.1) is 5.10 Å². The lowest BCUT2D eigenvalue weighted by atomic mass is 10.2. The molecule has 1 aromatic heterocycles. The fraction of sp³-hybridized carbons (Fsp3) is 0.222. The van der Waals surface area contributed by atoms with Gasteiger partial charge in [-0.25, -0.2) is 0 Å². The molecule has 3 rings (SSSR count). The topological polar surface area (TPSA) is 81.9 Å². The van der Waals surface area contributed by atoms with Crippen LogP contribution in [0.1, 0.15) is 11.1 Å². The smallest absolute Gasteiger partial charge is 0.230 e. The van der Waals surface area contributed by atoms with Gasteiger partial charge in [0.25, 0.3) is 0 Å². The van der Waals surface area contributed by atoms with Gasteiger partial charge in [-0.05, 0) is 35.0 Å². The predicted octanol–water partition coefficient (Wildman–Crippen LogP) is 2.39. The summed E-state index contributed by atoms with van der Waals surface area (Å²) in [4.78, 5) is 12.2. The summed E-state index contributed by atoms with van der Waals surface area (Å²) >= 11 is 1.29. The van der Waals surface area contributed by atoms with Crippen LogP contribution in [0.25, 0.3) is 5.69 Å². The molecule has 2 aromatic carbocycles. The van der Waals surface area contributed by atoms with Gasteiger partial charge in [-0.2, -0.15) is 4.68 Å². The van der Waals surface area contributed by atoms with Crippen LogP contribution in [0, 0.1) is 6.92 Å². The minimum atomic E-state index is -0.0970. The summed E-state index contributed by atoms with van der Waals surface area (Å²) in [6, 6.07) is 15.4. The highest BCUT2D eigenvalue weighted by atomic mass is 32.2. The summed E-state index contributed by atoms with van der Waals surface area (Å²) in [5.74, 6) is 0.880. The highest BCUT2D eigenvalue weighted by Gasteiger charge is 2.13. The third-order valence-corrected chi connectivity index (χ3v) is 4.70. The summed E-state index contributed by atoms with van der Waals surface area (Å²) in [5.41, 5.74) is 2.88. The maximum atomic E-state index is 12.2. The number of aromatic nitrogens is 4. The van der Waals surface area contributed by atoms with Crippen LogP contribution in [-0.4, -0.2) is 39.0 Å². The fourth-order valence-corrected chi connectivity index (χ4v) is 3.16. The number of thioether (sulfide) groups is 1. The van der Waals surface area contributed by atoms with Gasteiger partial charge in [-0.3, -0.25) is 4.79 Å². The van der Waals surface area contributed by atoms with E-state index in [9.17, 15) is 4.79 Å². The normalized spacial score (nSPS) is 10.5. The average molecular weight is 369 g/mol. The first-order valence-electron chi connectivity index (χ1n) is 8.05. The van der Waals surface area contributed by atoms with Crippen LogP contribution in [0.5, 0.6) is 5.75 Å². The van der Waals surface area contributed by atoms with Crippen LogP contribution < -0.4 is 10.1 Å². The highest BCUT2D eigenvalue weighted by Crippen LogP contribution is 2.20. The number of rotatable bonds is 7. The van der Waals surface area contributed by atoms with Gasteiger partial charge < -0.3 is 10.1 Å². The zero-order valence-electron chi connectivity index (χ0n) is 14.5. The minimum absolute atomic E-state index is 0.0970. The summed E-state index contributed by atoms with van der Waals surface area (Å²) < 4.78 is 6.93. The maximum Gasteiger partial charge on any atom is 0.230 e. The average Bonchev–Trinajstić information content (AvgIpc) is 3.13. The first-order chi connectivity index (χ1) is 12.7. The Morgan fingerprint density at radius 2 is 1.96 bits per heavy atom. The van der Waals surface area contributed by atoms with Gasteiger partial charge in [0.2, 0.25) is 11.1 Å². The zero-order chi connectivity index (χ0) is 18.4. The van der Waals surface area contributed by atoms with Crippen molar-refractivity contribution in [1.82, 2.24) is 25.5 Å². The molecule has 0 radical (unpaired) electrons. The lowest BCUT2D eigenvalue weighted by molar-refractivity contribution is -0.118. The van der Waals surface area contributed by atoms with Gasteiger partial charge in [-0.1, -0.05) is 48.2 Å². The van der Waals surface area contributed by atoms with Gasteiger partial charge >= 0.3 is 0 Å². The molecule has 1 heterocycles. The standard InChI is InChI=1S/C18H19N5O2S/c1-13-7-3-5-9-15(13)23-18(20-21-22-23)26-12-17(24)19-11-14-8-4-6-10-16(14)25-2/h3-10H,11-12H2,1-2H3,(H,19,24). The Kier molecular flexibility index (Phi) is 5.85. The summed E-state index contributed by atoms with van der Waals surface area (Å²) in [7, 11) is 1.61. The number of methoxy groups -OCH3 is 1. The Labute approximate surface area is 155 Å². The number of nitrogens with one attached hydrogen (secondary N) is 1. The maximum absolute atomic E-state index is 12.2. The molecule has 0 spiro atoms. The van der Waals surface area contributed by atoms with Crippen LogP contribution in [0.15, 0.2) is 53.7 Å². The number of amides is 1. The monoisotopic (exact) mass is 369 g/mol. The van der Waals surface area contributed by atoms with Crippen LogP contribution in [0.4, 0.5) is 0 Å². The summed E-state index contributed by atoms with van der Waals surface area (Å²) in [5, 5.41) is 15.2. The molecular weight excluding hydrogens is 350 g/mol. The highest BCUT2D eigenvalue weighted by molar-refractivity contribution is 7.99. The molecule has 8 heteroatoms. The second kappa shape index (κ2) is 8.48. The molecule has 0 fully saturated rings. The Morgan fingerprint density at radius 1 is 1.19 bits per heavy atom. The van der Waals surface area contributed by atoms with E-state index in [1.807, 2.05) is 55.5 Å². The summed E-state index contributed by atoms with van der Waals surface area (Å²) in [6.07, 6.45) is 0. The van der Waals surface area contributed by atoms with Crippen molar-refractivity contribution in [3.05, 3.63) is 59.7 Å². The van der Waals surface area contributed by atoms with Crippen LogP contribution in [-0.2, 0) is 11.3 Å². The second-order valence-electron chi connectivity index (χ2n) is 5.54. The lowest BCUT2D eigenvalue weighted by Gasteiger charge is -2.09. The number of ether oxygens (including phenoxy) is 1. The Bertz CT molecular complexity index is 897. The second-order valence-corrected chi connectivity index (χ2v) is 6.48. The Morgan fingerprint density at radius 3 is 2.77 bits per heavy atom. The molecule has 1 N–H and O–H groups in total. The van der Waals surface area contributed by atoms with Crippen molar-refractivity contribution in [2.75, 3.05) is 12.9 Å². The van der Waals surface area contributed by atoms with E-state index in [0.29, 0.717) is 11.7 Å². The van der Waals surface area contributed by atoms with Crippen LogP contribution in [0.3, 0.4) is 0 Å². The molecule has 0 bridgehead atoms. The lowest BCUT2D eigenvalue weighted by Crippen LogP contribution is -2.25. The van der Waals surface area contributed by atoms with Gasteiger partial charge in [0, 0.05) is 12.1 Å². The number of hydrogen-bond donors (Lipinski definition) is 1. The van der Waals surface area contributed by atoms with E-state index in [2.05, 4.69) is 20.8 Å². The molecule has 0 atom stereocenters.